The van der Waals surface area contributed by atoms with E-state index >= 15 is 0 Å². The lowest BCUT2D eigenvalue weighted by atomic mass is 9.62. The van der Waals surface area contributed by atoms with Crippen LogP contribution in [0.4, 0.5) is 0 Å². The first-order valence-corrected chi connectivity index (χ1v) is 6.71. The molecule has 2 fully saturated rings. The van der Waals surface area contributed by atoms with Crippen molar-refractivity contribution in [2.75, 3.05) is 13.1 Å². The highest BCUT2D eigenvalue weighted by Crippen LogP contribution is 2.48. The van der Waals surface area contributed by atoms with Gasteiger partial charge >= 0.3 is 0 Å². The van der Waals surface area contributed by atoms with Crippen LogP contribution in [0.5, 0.6) is 0 Å². The lowest BCUT2D eigenvalue weighted by Crippen LogP contribution is -2.43. The lowest BCUT2D eigenvalue weighted by Gasteiger charge is -2.40. The molecule has 0 bridgehead atoms. The Morgan fingerprint density at radius 3 is 1.65 bits per heavy atom. The van der Waals surface area contributed by atoms with Crippen LogP contribution in [0.15, 0.2) is 0 Å². The smallest absolute Gasteiger partial charge is 0.223 e. The Morgan fingerprint density at radius 2 is 1.41 bits per heavy atom. The minimum atomic E-state index is -0.138. The average Bonchev–Trinajstić information content (AvgIpc) is 2.93. The van der Waals surface area contributed by atoms with Gasteiger partial charge in [0, 0.05) is 24.9 Å². The summed E-state index contributed by atoms with van der Waals surface area (Å²) in [6.07, 6.45) is 3.56. The Labute approximate surface area is 103 Å². The van der Waals surface area contributed by atoms with Gasteiger partial charge < -0.3 is 10.6 Å². The van der Waals surface area contributed by atoms with E-state index in [1.165, 1.54) is 0 Å². The summed E-state index contributed by atoms with van der Waals surface area (Å²) in [7, 11) is 0. The molecule has 2 saturated heterocycles. The zero-order valence-electron chi connectivity index (χ0n) is 10.7. The Balaban J connectivity index is 2.30. The summed E-state index contributed by atoms with van der Waals surface area (Å²) in [5, 5.41) is 5.82. The van der Waals surface area contributed by atoms with E-state index in [2.05, 4.69) is 24.5 Å². The summed E-state index contributed by atoms with van der Waals surface area (Å²) in [4.78, 5) is 23.9. The first kappa shape index (κ1) is 12.4. The molecular weight excluding hydrogens is 216 g/mol. The van der Waals surface area contributed by atoms with Crippen LogP contribution in [0.3, 0.4) is 0 Å². The van der Waals surface area contributed by atoms with Gasteiger partial charge in [-0.3, -0.25) is 9.59 Å². The van der Waals surface area contributed by atoms with Crippen LogP contribution in [-0.4, -0.2) is 24.9 Å². The normalized spacial score (nSPS) is 29.3. The van der Waals surface area contributed by atoms with Gasteiger partial charge in [-0.2, -0.15) is 0 Å². The maximum atomic E-state index is 12.0. The van der Waals surface area contributed by atoms with Crippen LogP contribution in [0.1, 0.15) is 39.5 Å². The fourth-order valence-corrected chi connectivity index (χ4v) is 3.76. The van der Waals surface area contributed by atoms with Gasteiger partial charge in [0.05, 0.1) is 0 Å². The predicted molar refractivity (Wildman–Crippen MR) is 65.2 cm³/mol. The average molecular weight is 238 g/mol. The highest BCUT2D eigenvalue weighted by molar-refractivity contribution is 5.85. The van der Waals surface area contributed by atoms with Crippen molar-refractivity contribution in [1.82, 2.24) is 10.6 Å². The van der Waals surface area contributed by atoms with Crippen molar-refractivity contribution >= 4 is 11.8 Å². The van der Waals surface area contributed by atoms with E-state index in [1.807, 2.05) is 0 Å². The van der Waals surface area contributed by atoms with E-state index < -0.39 is 0 Å². The van der Waals surface area contributed by atoms with Crippen molar-refractivity contribution in [3.63, 3.8) is 0 Å². The van der Waals surface area contributed by atoms with Crippen LogP contribution < -0.4 is 10.6 Å². The molecule has 0 aromatic rings. The molecule has 2 aliphatic rings. The molecule has 0 radical (unpaired) electrons. The lowest BCUT2D eigenvalue weighted by molar-refractivity contribution is -0.134. The van der Waals surface area contributed by atoms with E-state index in [1.54, 1.807) is 0 Å². The molecule has 96 valence electrons. The van der Waals surface area contributed by atoms with E-state index in [0.29, 0.717) is 0 Å². The third-order valence-electron chi connectivity index (χ3n) is 4.80. The van der Waals surface area contributed by atoms with Crippen molar-refractivity contribution in [3.8, 4) is 0 Å². The second-order valence-electron chi connectivity index (χ2n) is 5.20. The van der Waals surface area contributed by atoms with Crippen LogP contribution in [0.25, 0.3) is 0 Å². The van der Waals surface area contributed by atoms with Gasteiger partial charge in [0.2, 0.25) is 11.8 Å². The SMILES string of the molecule is CCC(CC)(C1CCNC1=O)C1CCNC1=O. The van der Waals surface area contributed by atoms with Gasteiger partial charge in [-0.25, -0.2) is 0 Å². The molecule has 0 aromatic heterocycles. The van der Waals surface area contributed by atoms with Crippen LogP contribution in [-0.2, 0) is 9.59 Å². The third-order valence-corrected chi connectivity index (χ3v) is 4.80. The van der Waals surface area contributed by atoms with Crippen molar-refractivity contribution in [3.05, 3.63) is 0 Å². The molecule has 0 saturated carbocycles. The molecule has 2 aliphatic heterocycles. The van der Waals surface area contributed by atoms with Gasteiger partial charge in [0.25, 0.3) is 0 Å². The summed E-state index contributed by atoms with van der Waals surface area (Å²) in [5.74, 6) is 0.333. The number of hydrogen-bond acceptors (Lipinski definition) is 2. The highest BCUT2D eigenvalue weighted by atomic mass is 16.2. The molecule has 0 spiro atoms. The van der Waals surface area contributed by atoms with Crippen LogP contribution in [0.2, 0.25) is 0 Å². The number of nitrogens with one attached hydrogen (secondary N) is 2. The van der Waals surface area contributed by atoms with Gasteiger partial charge in [-0.05, 0) is 31.1 Å². The van der Waals surface area contributed by atoms with Gasteiger partial charge in [-0.15, -0.1) is 0 Å². The summed E-state index contributed by atoms with van der Waals surface area (Å²) in [6.45, 7) is 5.75. The first-order chi connectivity index (χ1) is 8.15. The molecule has 2 atom stereocenters. The fraction of sp³-hybridized carbons (Fsp3) is 0.846. The Bertz CT molecular complexity index is 295. The molecule has 2 N–H and O–H groups in total. The molecule has 4 nitrogen and oxygen atoms in total. The van der Waals surface area contributed by atoms with Crippen LogP contribution in [0, 0.1) is 17.3 Å². The maximum Gasteiger partial charge on any atom is 0.223 e. The zero-order chi connectivity index (χ0) is 12.5. The van der Waals surface area contributed by atoms with E-state index in [9.17, 15) is 9.59 Å². The van der Waals surface area contributed by atoms with Crippen molar-refractivity contribution in [1.29, 1.82) is 0 Å². The quantitative estimate of drug-likeness (QED) is 0.769. The van der Waals surface area contributed by atoms with E-state index in [0.717, 1.165) is 38.8 Å². The Hall–Kier alpha value is -1.06. The number of carbonyl (C=O) groups excluding carboxylic acids is 2. The topological polar surface area (TPSA) is 58.2 Å². The minimum Gasteiger partial charge on any atom is -0.356 e. The van der Waals surface area contributed by atoms with Gasteiger partial charge in [-0.1, -0.05) is 13.8 Å². The largest absolute Gasteiger partial charge is 0.356 e. The van der Waals surface area contributed by atoms with Crippen molar-refractivity contribution < 1.29 is 9.59 Å². The van der Waals surface area contributed by atoms with Crippen molar-refractivity contribution in [2.24, 2.45) is 17.3 Å². The van der Waals surface area contributed by atoms with E-state index in [4.69, 9.17) is 0 Å². The molecule has 2 amide bonds. The summed E-state index contributed by atoms with van der Waals surface area (Å²) in [6, 6.07) is 0. The van der Waals surface area contributed by atoms with Crippen molar-refractivity contribution in [2.45, 2.75) is 39.5 Å². The second kappa shape index (κ2) is 4.67. The minimum absolute atomic E-state index is 0.0198. The fourth-order valence-electron chi connectivity index (χ4n) is 3.76. The Kier molecular flexibility index (Phi) is 3.40. The number of amides is 2. The summed E-state index contributed by atoms with van der Waals surface area (Å²) >= 11 is 0. The number of hydrogen-bond donors (Lipinski definition) is 2. The zero-order valence-corrected chi connectivity index (χ0v) is 10.7. The molecular formula is C13H22N2O2. The molecule has 4 heteroatoms. The van der Waals surface area contributed by atoms with E-state index in [-0.39, 0.29) is 29.1 Å². The predicted octanol–water partition coefficient (Wildman–Crippen LogP) is 1.06. The molecule has 0 aromatic carbocycles. The Morgan fingerprint density at radius 1 is 1.00 bits per heavy atom. The molecule has 2 heterocycles. The van der Waals surface area contributed by atoms with Gasteiger partial charge in [0.15, 0.2) is 0 Å². The number of rotatable bonds is 4. The van der Waals surface area contributed by atoms with Crippen LogP contribution >= 0.6 is 0 Å². The second-order valence-corrected chi connectivity index (χ2v) is 5.20. The first-order valence-electron chi connectivity index (χ1n) is 6.71. The molecule has 2 unspecified atom stereocenters. The summed E-state index contributed by atoms with van der Waals surface area (Å²) in [5.41, 5.74) is -0.138. The highest BCUT2D eigenvalue weighted by Gasteiger charge is 2.51. The summed E-state index contributed by atoms with van der Waals surface area (Å²) < 4.78 is 0. The number of carbonyl (C=O) groups is 2. The molecule has 0 aliphatic carbocycles. The molecule has 17 heavy (non-hydrogen) atoms. The third kappa shape index (κ3) is 1.83. The maximum absolute atomic E-state index is 12.0. The standard InChI is InChI=1S/C13H22N2O2/c1-3-13(4-2,9-5-7-14-11(9)16)10-6-8-15-12(10)17/h9-10H,3-8H2,1-2H3,(H,14,16)(H,15,17). The molecule has 2 rings (SSSR count). The monoisotopic (exact) mass is 238 g/mol. The van der Waals surface area contributed by atoms with Gasteiger partial charge in [0.1, 0.15) is 0 Å².